The van der Waals surface area contributed by atoms with Gasteiger partial charge in [-0.3, -0.25) is 9.78 Å². The van der Waals surface area contributed by atoms with E-state index in [1.165, 1.54) is 49.6 Å². The Balaban J connectivity index is 1.44. The van der Waals surface area contributed by atoms with Gasteiger partial charge in [0.2, 0.25) is 0 Å². The van der Waals surface area contributed by atoms with Crippen molar-refractivity contribution in [2.24, 2.45) is 0 Å². The van der Waals surface area contributed by atoms with Crippen molar-refractivity contribution in [1.29, 1.82) is 0 Å². The average molecular weight is 624 g/mol. The van der Waals surface area contributed by atoms with E-state index in [2.05, 4.69) is 26.3 Å². The number of nitrogens with zero attached hydrogens (tertiary/aromatic N) is 1. The van der Waals surface area contributed by atoms with Crippen molar-refractivity contribution >= 4 is 46.3 Å². The van der Waals surface area contributed by atoms with E-state index >= 15 is 0 Å². The van der Waals surface area contributed by atoms with Crippen LogP contribution in [0.1, 0.15) is 21.6 Å². The monoisotopic (exact) mass is 623 g/mol. The molecule has 0 aliphatic carbocycles. The molecule has 3 amide bonds. The molecular weight excluding hydrogens is 604 g/mol. The molecule has 0 saturated carbocycles. The Morgan fingerprint density at radius 3 is 2.00 bits per heavy atom. The lowest BCUT2D eigenvalue weighted by molar-refractivity contribution is -0.138. The predicted octanol–water partition coefficient (Wildman–Crippen LogP) is 8.31. The predicted molar refractivity (Wildman–Crippen MR) is 148 cm³/mol. The van der Waals surface area contributed by atoms with E-state index in [4.69, 9.17) is 16.3 Å². The van der Waals surface area contributed by atoms with Crippen LogP contribution in [-0.2, 0) is 12.4 Å². The van der Waals surface area contributed by atoms with Crippen molar-refractivity contribution in [3.8, 4) is 11.5 Å². The summed E-state index contributed by atoms with van der Waals surface area (Å²) in [7, 11) is 1.46. The molecule has 3 aromatic carbocycles. The Morgan fingerprint density at radius 1 is 0.744 bits per heavy atom. The first-order valence-corrected chi connectivity index (χ1v) is 12.5. The number of carbonyl (C=O) groups excluding carboxylic acids is 2. The molecule has 4 aromatic rings. The van der Waals surface area contributed by atoms with Gasteiger partial charge in [-0.1, -0.05) is 11.6 Å². The average Bonchev–Trinajstić information content (AvgIpc) is 2.94. The maximum atomic E-state index is 13.8. The lowest BCUT2D eigenvalue weighted by Crippen LogP contribution is -2.20. The van der Waals surface area contributed by atoms with Gasteiger partial charge in [0, 0.05) is 36.4 Å². The molecule has 0 atom stereocenters. The molecule has 4 rings (SSSR count). The first-order valence-electron chi connectivity index (χ1n) is 12.1. The third-order valence-corrected chi connectivity index (χ3v) is 6.00. The number of aromatic nitrogens is 1. The fraction of sp³-hybridized carbons (Fsp3) is 0.107. The summed E-state index contributed by atoms with van der Waals surface area (Å²) >= 11 is 5.58. The summed E-state index contributed by atoms with van der Waals surface area (Å²) in [4.78, 5) is 28.1. The number of hydrogen-bond donors (Lipinski definition) is 4. The lowest BCUT2D eigenvalue weighted by Gasteiger charge is -2.18. The highest BCUT2D eigenvalue weighted by Crippen LogP contribution is 2.40. The van der Waals surface area contributed by atoms with E-state index in [-0.39, 0.29) is 22.8 Å². The van der Waals surface area contributed by atoms with Crippen molar-refractivity contribution in [3.05, 3.63) is 101 Å². The normalized spacial score (nSPS) is 11.4. The first-order chi connectivity index (χ1) is 20.2. The van der Waals surface area contributed by atoms with Crippen LogP contribution in [0, 0.1) is 0 Å². The van der Waals surface area contributed by atoms with Crippen LogP contribution in [0.25, 0.3) is 0 Å². The number of hydrogen-bond acceptors (Lipinski definition) is 5. The number of benzene rings is 3. The second-order valence-electron chi connectivity index (χ2n) is 8.74. The molecule has 43 heavy (non-hydrogen) atoms. The molecule has 0 fully saturated rings. The van der Waals surface area contributed by atoms with Gasteiger partial charge < -0.3 is 26.0 Å². The standard InChI is InChI=1S/C28H20ClF6N5O3/c1-36-25(41)24-14-19(10-11-37-24)43-18-6-2-15(3-7-18)39-26(42)40-17-5-9-23(21(13-17)28(33,34)35)38-16-4-8-22(29)20(12-16)27(30,31)32/h2-14,38H,1H3,(H,36,41)(H2,39,40,42). The zero-order chi connectivity index (χ0) is 31.4. The van der Waals surface area contributed by atoms with E-state index in [1.54, 1.807) is 0 Å². The molecule has 8 nitrogen and oxygen atoms in total. The zero-order valence-electron chi connectivity index (χ0n) is 21.8. The summed E-state index contributed by atoms with van der Waals surface area (Å²) < 4.78 is 86.6. The number of nitrogens with one attached hydrogen (secondary N) is 4. The van der Waals surface area contributed by atoms with Gasteiger partial charge in [0.05, 0.1) is 21.8 Å². The first kappa shape index (κ1) is 31.0. The topological polar surface area (TPSA) is 104 Å². The Hall–Kier alpha value is -4.98. The van der Waals surface area contributed by atoms with E-state index in [1.807, 2.05) is 0 Å². The number of amides is 3. The van der Waals surface area contributed by atoms with Crippen LogP contribution in [0.2, 0.25) is 5.02 Å². The van der Waals surface area contributed by atoms with Gasteiger partial charge in [-0.25, -0.2) is 4.79 Å². The van der Waals surface area contributed by atoms with Gasteiger partial charge in [0.25, 0.3) is 5.91 Å². The number of ether oxygens (including phenoxy) is 1. The molecule has 0 aliphatic heterocycles. The molecule has 4 N–H and O–H groups in total. The number of alkyl halides is 6. The minimum atomic E-state index is -4.92. The highest BCUT2D eigenvalue weighted by Gasteiger charge is 2.35. The summed E-state index contributed by atoms with van der Waals surface area (Å²) in [6.45, 7) is 0. The third kappa shape index (κ3) is 8.07. The van der Waals surface area contributed by atoms with Crippen LogP contribution >= 0.6 is 11.6 Å². The summed E-state index contributed by atoms with van der Waals surface area (Å²) in [6, 6.07) is 13.5. The number of carbonyl (C=O) groups is 2. The van der Waals surface area contributed by atoms with Crippen LogP contribution in [0.15, 0.2) is 79.0 Å². The van der Waals surface area contributed by atoms with Crippen molar-refractivity contribution in [2.45, 2.75) is 12.4 Å². The van der Waals surface area contributed by atoms with Crippen LogP contribution < -0.4 is 26.0 Å². The molecule has 15 heteroatoms. The van der Waals surface area contributed by atoms with Gasteiger partial charge in [-0.2, -0.15) is 26.3 Å². The van der Waals surface area contributed by atoms with Crippen molar-refractivity contribution in [2.75, 3.05) is 23.0 Å². The molecule has 224 valence electrons. The Labute approximate surface area is 245 Å². The number of urea groups is 1. The van der Waals surface area contributed by atoms with Crippen LogP contribution in [0.3, 0.4) is 0 Å². The van der Waals surface area contributed by atoms with Crippen molar-refractivity contribution < 1.29 is 40.7 Å². The third-order valence-electron chi connectivity index (χ3n) is 5.67. The maximum absolute atomic E-state index is 13.8. The van der Waals surface area contributed by atoms with Crippen molar-refractivity contribution in [1.82, 2.24) is 10.3 Å². The van der Waals surface area contributed by atoms with E-state index in [0.717, 1.165) is 24.3 Å². The Morgan fingerprint density at radius 2 is 1.35 bits per heavy atom. The van der Waals surface area contributed by atoms with Crippen molar-refractivity contribution in [3.63, 3.8) is 0 Å². The van der Waals surface area contributed by atoms with E-state index in [0.29, 0.717) is 23.6 Å². The number of pyridine rings is 1. The molecule has 1 aromatic heterocycles. The molecular formula is C28H20ClF6N5O3. The van der Waals surface area contributed by atoms with Crippen LogP contribution in [-0.4, -0.2) is 24.0 Å². The summed E-state index contributed by atoms with van der Waals surface area (Å²) in [5.74, 6) is 0.300. The molecule has 0 aliphatic rings. The minimum absolute atomic E-state index is 0.146. The van der Waals surface area contributed by atoms with Gasteiger partial charge in [-0.05, 0) is 66.7 Å². The van der Waals surface area contributed by atoms with E-state index < -0.39 is 46.1 Å². The Kier molecular flexibility index (Phi) is 8.99. The quantitative estimate of drug-likeness (QED) is 0.155. The van der Waals surface area contributed by atoms with E-state index in [9.17, 15) is 35.9 Å². The van der Waals surface area contributed by atoms with Crippen LogP contribution in [0.5, 0.6) is 11.5 Å². The molecule has 0 spiro atoms. The fourth-order valence-electron chi connectivity index (χ4n) is 3.70. The minimum Gasteiger partial charge on any atom is -0.457 e. The molecule has 1 heterocycles. The summed E-state index contributed by atoms with van der Waals surface area (Å²) in [5, 5.41) is 8.93. The summed E-state index contributed by atoms with van der Waals surface area (Å²) in [5.41, 5.74) is -3.06. The maximum Gasteiger partial charge on any atom is 0.418 e. The molecule has 0 radical (unpaired) electrons. The highest BCUT2D eigenvalue weighted by molar-refractivity contribution is 6.31. The second kappa shape index (κ2) is 12.5. The highest BCUT2D eigenvalue weighted by atomic mass is 35.5. The molecule has 0 bridgehead atoms. The molecule has 0 unspecified atom stereocenters. The van der Waals surface area contributed by atoms with Gasteiger partial charge >= 0.3 is 18.4 Å². The SMILES string of the molecule is CNC(=O)c1cc(Oc2ccc(NC(=O)Nc3ccc(Nc4ccc(Cl)c(C(F)(F)F)c4)c(C(F)(F)F)c3)cc2)ccn1. The largest absolute Gasteiger partial charge is 0.457 e. The second-order valence-corrected chi connectivity index (χ2v) is 9.14. The van der Waals surface area contributed by atoms with Gasteiger partial charge in [0.15, 0.2) is 0 Å². The smallest absolute Gasteiger partial charge is 0.418 e. The Bertz CT molecular complexity index is 1650. The lowest BCUT2D eigenvalue weighted by atomic mass is 10.1. The molecule has 0 saturated heterocycles. The van der Waals surface area contributed by atoms with Crippen LogP contribution in [0.4, 0.5) is 53.9 Å². The number of halogens is 7. The fourth-order valence-corrected chi connectivity index (χ4v) is 3.93. The number of rotatable bonds is 7. The zero-order valence-corrected chi connectivity index (χ0v) is 22.6. The summed E-state index contributed by atoms with van der Waals surface area (Å²) in [6.07, 6.45) is -8.33. The van der Waals surface area contributed by atoms with Gasteiger partial charge in [0.1, 0.15) is 17.2 Å². The number of anilines is 4. The van der Waals surface area contributed by atoms with Gasteiger partial charge in [-0.15, -0.1) is 0 Å².